The number of anilines is 1. The third kappa shape index (κ3) is 4.35. The number of hydrogen-bond donors (Lipinski definition) is 0. The van der Waals surface area contributed by atoms with E-state index in [1.165, 1.54) is 17.0 Å². The van der Waals surface area contributed by atoms with Crippen LogP contribution in [-0.4, -0.2) is 27.9 Å². The number of thiocarbonyl (C=S) groups is 1. The molecule has 0 saturated carbocycles. The van der Waals surface area contributed by atoms with Crippen LogP contribution >= 0.6 is 12.2 Å². The Morgan fingerprint density at radius 3 is 2.44 bits per heavy atom. The van der Waals surface area contributed by atoms with Gasteiger partial charge in [-0.15, -0.1) is 0 Å². The maximum atomic E-state index is 13.0. The Morgan fingerprint density at radius 1 is 1.03 bits per heavy atom. The quantitative estimate of drug-likeness (QED) is 0.235. The lowest BCUT2D eigenvalue weighted by Crippen LogP contribution is -2.30. The number of rotatable bonds is 6. The van der Waals surface area contributed by atoms with Crippen molar-refractivity contribution in [2.75, 3.05) is 11.9 Å². The van der Waals surface area contributed by atoms with Gasteiger partial charge in [-0.1, -0.05) is 42.5 Å². The molecule has 0 unspecified atom stereocenters. The molecular formula is C24H19N3O4S. The molecule has 7 nitrogen and oxygen atoms in total. The second-order valence-electron chi connectivity index (χ2n) is 7.13. The van der Waals surface area contributed by atoms with Gasteiger partial charge in [-0.2, -0.15) is 0 Å². The van der Waals surface area contributed by atoms with Crippen molar-refractivity contribution >= 4 is 40.7 Å². The molecule has 3 aromatic rings. The summed E-state index contributed by atoms with van der Waals surface area (Å²) in [7, 11) is 1.77. The Labute approximate surface area is 190 Å². The smallest absolute Gasteiger partial charge is 0.281 e. The molecule has 0 radical (unpaired) electrons. The Kier molecular flexibility index (Phi) is 5.96. The van der Waals surface area contributed by atoms with Gasteiger partial charge in [0.1, 0.15) is 18.1 Å². The number of ether oxygens (including phenoxy) is 1. The van der Waals surface area contributed by atoms with Crippen molar-refractivity contribution in [3.05, 3.63) is 106 Å². The fraction of sp³-hybridized carbons (Fsp3) is 0.0833. The first kappa shape index (κ1) is 21.2. The van der Waals surface area contributed by atoms with Crippen LogP contribution in [-0.2, 0) is 11.4 Å². The number of carbonyl (C=O) groups is 1. The third-order valence-electron chi connectivity index (χ3n) is 4.99. The number of nitro groups is 1. The minimum Gasteiger partial charge on any atom is -0.489 e. The second-order valence-corrected chi connectivity index (χ2v) is 7.50. The third-order valence-corrected chi connectivity index (χ3v) is 5.44. The van der Waals surface area contributed by atoms with Gasteiger partial charge >= 0.3 is 0 Å². The van der Waals surface area contributed by atoms with E-state index in [1.54, 1.807) is 42.3 Å². The highest BCUT2D eigenvalue weighted by Crippen LogP contribution is 2.28. The molecule has 1 aliphatic heterocycles. The van der Waals surface area contributed by atoms with Gasteiger partial charge in [0.05, 0.1) is 10.6 Å². The fourth-order valence-electron chi connectivity index (χ4n) is 3.31. The highest BCUT2D eigenvalue weighted by Gasteiger charge is 2.36. The Balaban J connectivity index is 1.47. The number of carbonyl (C=O) groups excluding carboxylic acids is 1. The van der Waals surface area contributed by atoms with E-state index in [9.17, 15) is 14.9 Å². The standard InChI is InChI=1S/C24H19N3O4S/c1-25-22(23(28)26(24(25)32)19-7-3-2-4-8-19)15-17-10-12-21(13-11-17)31-16-18-6-5-9-20(14-18)27(29)30/h2-15H,16H2,1H3/b22-15+. The SMILES string of the molecule is CN1C(=S)N(c2ccccc2)C(=O)/C1=C\c1ccc(OCc2cccc([N+](=O)[O-])c2)cc1. The monoisotopic (exact) mass is 445 g/mol. The van der Waals surface area contributed by atoms with Crippen molar-refractivity contribution in [3.8, 4) is 5.75 Å². The van der Waals surface area contributed by atoms with Crippen molar-refractivity contribution < 1.29 is 14.5 Å². The number of hydrogen-bond acceptors (Lipinski definition) is 5. The summed E-state index contributed by atoms with van der Waals surface area (Å²) in [5.74, 6) is 0.431. The number of nitro benzene ring substituents is 1. The number of amides is 1. The average molecular weight is 446 g/mol. The van der Waals surface area contributed by atoms with Crippen LogP contribution in [0.5, 0.6) is 5.75 Å². The topological polar surface area (TPSA) is 75.9 Å². The van der Waals surface area contributed by atoms with Gasteiger partial charge in [0.15, 0.2) is 5.11 Å². The molecule has 1 fully saturated rings. The predicted molar refractivity (Wildman–Crippen MR) is 126 cm³/mol. The zero-order valence-electron chi connectivity index (χ0n) is 17.2. The molecule has 0 N–H and O–H groups in total. The van der Waals surface area contributed by atoms with Crippen LogP contribution in [0.1, 0.15) is 11.1 Å². The number of benzene rings is 3. The largest absolute Gasteiger partial charge is 0.489 e. The van der Waals surface area contributed by atoms with Gasteiger partial charge in [-0.25, -0.2) is 0 Å². The van der Waals surface area contributed by atoms with Crippen molar-refractivity contribution in [2.45, 2.75) is 6.61 Å². The number of likely N-dealkylation sites (N-methyl/N-ethyl adjacent to an activating group) is 1. The van der Waals surface area contributed by atoms with Crippen molar-refractivity contribution in [1.82, 2.24) is 4.90 Å². The Hall–Kier alpha value is -4.04. The van der Waals surface area contributed by atoms with Crippen LogP contribution in [0.15, 0.2) is 84.6 Å². The van der Waals surface area contributed by atoms with E-state index in [2.05, 4.69) is 0 Å². The number of para-hydroxylation sites is 1. The van der Waals surface area contributed by atoms with Crippen LogP contribution < -0.4 is 9.64 Å². The first-order chi connectivity index (χ1) is 15.4. The van der Waals surface area contributed by atoms with Crippen LogP contribution in [0, 0.1) is 10.1 Å². The number of nitrogens with zero attached hydrogens (tertiary/aromatic N) is 3. The molecule has 1 aliphatic rings. The molecule has 8 heteroatoms. The first-order valence-electron chi connectivity index (χ1n) is 9.79. The first-order valence-corrected chi connectivity index (χ1v) is 10.2. The molecule has 1 saturated heterocycles. The Bertz CT molecular complexity index is 1210. The fourth-order valence-corrected chi connectivity index (χ4v) is 3.59. The highest BCUT2D eigenvalue weighted by atomic mass is 32.1. The molecule has 0 bridgehead atoms. The number of non-ortho nitro benzene ring substituents is 1. The molecule has 0 aromatic heterocycles. The van der Waals surface area contributed by atoms with Crippen molar-refractivity contribution in [3.63, 3.8) is 0 Å². The lowest BCUT2D eigenvalue weighted by molar-refractivity contribution is -0.384. The summed E-state index contributed by atoms with van der Waals surface area (Å²) in [6.45, 7) is 0.212. The van der Waals surface area contributed by atoms with Crippen LogP contribution in [0.3, 0.4) is 0 Å². The van der Waals surface area contributed by atoms with Gasteiger partial charge in [-0.05, 0) is 53.7 Å². The summed E-state index contributed by atoms with van der Waals surface area (Å²) >= 11 is 5.47. The summed E-state index contributed by atoms with van der Waals surface area (Å²) in [5, 5.41) is 11.3. The molecule has 1 heterocycles. The summed E-state index contributed by atoms with van der Waals surface area (Å²) < 4.78 is 5.74. The van der Waals surface area contributed by atoms with Crippen LogP contribution in [0.4, 0.5) is 11.4 Å². The molecular weight excluding hydrogens is 426 g/mol. The van der Waals surface area contributed by atoms with Crippen LogP contribution in [0.25, 0.3) is 6.08 Å². The minimum absolute atomic E-state index is 0.0286. The molecule has 1 amide bonds. The molecule has 0 spiro atoms. The molecule has 4 rings (SSSR count). The van der Waals surface area contributed by atoms with E-state index in [-0.39, 0.29) is 18.2 Å². The molecule has 0 atom stereocenters. The normalized spacial score (nSPS) is 14.8. The minimum atomic E-state index is -0.433. The van der Waals surface area contributed by atoms with Crippen molar-refractivity contribution in [1.29, 1.82) is 0 Å². The van der Waals surface area contributed by atoms with Gasteiger partial charge in [0.2, 0.25) is 0 Å². The van der Waals surface area contributed by atoms with E-state index >= 15 is 0 Å². The second kappa shape index (κ2) is 8.99. The predicted octanol–water partition coefficient (Wildman–Crippen LogP) is 4.78. The van der Waals surface area contributed by atoms with Crippen molar-refractivity contribution in [2.24, 2.45) is 0 Å². The van der Waals surface area contributed by atoms with E-state index in [1.807, 2.05) is 42.5 Å². The van der Waals surface area contributed by atoms with Crippen LogP contribution in [0.2, 0.25) is 0 Å². The lowest BCUT2D eigenvalue weighted by Gasteiger charge is -2.16. The summed E-state index contributed by atoms with van der Waals surface area (Å²) in [5.41, 5.74) is 2.76. The summed E-state index contributed by atoms with van der Waals surface area (Å²) in [6.07, 6.45) is 1.78. The zero-order chi connectivity index (χ0) is 22.7. The maximum Gasteiger partial charge on any atom is 0.281 e. The molecule has 32 heavy (non-hydrogen) atoms. The summed E-state index contributed by atoms with van der Waals surface area (Å²) in [4.78, 5) is 26.7. The van der Waals surface area contributed by atoms with Gasteiger partial charge in [0.25, 0.3) is 11.6 Å². The van der Waals surface area contributed by atoms with E-state index < -0.39 is 4.92 Å². The lowest BCUT2D eigenvalue weighted by atomic mass is 10.1. The van der Waals surface area contributed by atoms with Gasteiger partial charge in [0, 0.05) is 19.2 Å². The maximum absolute atomic E-state index is 13.0. The molecule has 160 valence electrons. The van der Waals surface area contributed by atoms with E-state index in [0.717, 1.165) is 11.3 Å². The van der Waals surface area contributed by atoms with Gasteiger partial charge in [-0.3, -0.25) is 19.8 Å². The average Bonchev–Trinajstić information content (AvgIpc) is 3.02. The summed E-state index contributed by atoms with van der Waals surface area (Å²) in [6, 6.07) is 22.9. The van der Waals surface area contributed by atoms with E-state index in [0.29, 0.717) is 22.1 Å². The van der Waals surface area contributed by atoms with Gasteiger partial charge < -0.3 is 9.64 Å². The molecule has 0 aliphatic carbocycles. The highest BCUT2D eigenvalue weighted by molar-refractivity contribution is 7.80. The van der Waals surface area contributed by atoms with E-state index in [4.69, 9.17) is 17.0 Å². The molecule has 3 aromatic carbocycles. The Morgan fingerprint density at radius 2 is 1.75 bits per heavy atom. The zero-order valence-corrected chi connectivity index (χ0v) is 18.0.